The van der Waals surface area contributed by atoms with E-state index in [0.717, 1.165) is 31.2 Å². The number of ether oxygens (including phenoxy) is 2. The Kier molecular flexibility index (Phi) is 7.91. The molecule has 0 heterocycles. The first-order chi connectivity index (χ1) is 12.9. The van der Waals surface area contributed by atoms with Crippen LogP contribution in [0.1, 0.15) is 45.1 Å². The van der Waals surface area contributed by atoms with E-state index in [4.69, 9.17) is 9.47 Å². The molecular formula is C20H31N3O4. The minimum Gasteiger partial charge on any atom is -0.493 e. The zero-order valence-electron chi connectivity index (χ0n) is 16.7. The number of benzene rings is 1. The van der Waals surface area contributed by atoms with Gasteiger partial charge in [0.25, 0.3) is 0 Å². The number of urea groups is 1. The lowest BCUT2D eigenvalue weighted by Gasteiger charge is -2.24. The van der Waals surface area contributed by atoms with Crippen molar-refractivity contribution in [3.05, 3.63) is 23.8 Å². The van der Waals surface area contributed by atoms with E-state index in [1.807, 2.05) is 37.1 Å². The highest BCUT2D eigenvalue weighted by molar-refractivity contribution is 5.96. The van der Waals surface area contributed by atoms with Gasteiger partial charge in [-0.25, -0.2) is 4.79 Å². The zero-order chi connectivity index (χ0) is 19.8. The van der Waals surface area contributed by atoms with E-state index in [1.165, 1.54) is 0 Å². The average molecular weight is 377 g/mol. The lowest BCUT2D eigenvalue weighted by Crippen LogP contribution is -2.50. The standard InChI is InChI=1S/C20H31N3O4/c1-5-27-17-11-10-15(12-18(17)26-4)13-23(3)14(2)19(24)22-20(25)21-16-8-6-7-9-16/h10-12,14,16H,5-9,13H2,1-4H3,(H2,21,22,24,25)/t14-/m0/s1. The monoisotopic (exact) mass is 377 g/mol. The third-order valence-electron chi connectivity index (χ3n) is 4.93. The molecule has 150 valence electrons. The van der Waals surface area contributed by atoms with Crippen molar-refractivity contribution in [3.8, 4) is 11.5 Å². The molecule has 1 aliphatic carbocycles. The Morgan fingerprint density at radius 3 is 2.59 bits per heavy atom. The van der Waals surface area contributed by atoms with Crippen molar-refractivity contribution in [3.63, 3.8) is 0 Å². The van der Waals surface area contributed by atoms with Gasteiger partial charge in [0.2, 0.25) is 5.91 Å². The summed E-state index contributed by atoms with van der Waals surface area (Å²) in [5.41, 5.74) is 0.993. The van der Waals surface area contributed by atoms with E-state index >= 15 is 0 Å². The molecule has 0 aliphatic heterocycles. The number of carbonyl (C=O) groups excluding carboxylic acids is 2. The maximum atomic E-state index is 12.4. The first kappa shape index (κ1) is 21.0. The van der Waals surface area contributed by atoms with E-state index in [9.17, 15) is 9.59 Å². The maximum Gasteiger partial charge on any atom is 0.321 e. The van der Waals surface area contributed by atoms with Crippen molar-refractivity contribution in [2.45, 2.75) is 58.2 Å². The van der Waals surface area contributed by atoms with Crippen molar-refractivity contribution in [1.82, 2.24) is 15.5 Å². The fourth-order valence-corrected chi connectivity index (χ4v) is 3.22. The van der Waals surface area contributed by atoms with Crippen molar-refractivity contribution in [2.24, 2.45) is 0 Å². The van der Waals surface area contributed by atoms with Crippen LogP contribution in [-0.2, 0) is 11.3 Å². The summed E-state index contributed by atoms with van der Waals surface area (Å²) in [6.45, 7) is 4.81. The summed E-state index contributed by atoms with van der Waals surface area (Å²) in [4.78, 5) is 26.2. The fourth-order valence-electron chi connectivity index (χ4n) is 3.22. The second-order valence-electron chi connectivity index (χ2n) is 6.95. The number of nitrogens with one attached hydrogen (secondary N) is 2. The topological polar surface area (TPSA) is 79.9 Å². The first-order valence-electron chi connectivity index (χ1n) is 9.55. The van der Waals surface area contributed by atoms with E-state index in [1.54, 1.807) is 14.0 Å². The molecule has 0 radical (unpaired) electrons. The number of imide groups is 1. The Morgan fingerprint density at radius 1 is 1.26 bits per heavy atom. The first-order valence-corrected chi connectivity index (χ1v) is 9.55. The average Bonchev–Trinajstić information content (AvgIpc) is 3.15. The Balaban J connectivity index is 1.89. The molecule has 1 fully saturated rings. The van der Waals surface area contributed by atoms with Gasteiger partial charge in [0.15, 0.2) is 11.5 Å². The van der Waals surface area contributed by atoms with Crippen LogP contribution in [0.25, 0.3) is 0 Å². The van der Waals surface area contributed by atoms with Crippen LogP contribution >= 0.6 is 0 Å². The Morgan fingerprint density at radius 2 is 1.96 bits per heavy atom. The molecule has 1 aliphatic rings. The van der Waals surface area contributed by atoms with Crippen LogP contribution in [0, 0.1) is 0 Å². The van der Waals surface area contributed by atoms with Gasteiger partial charge in [-0.1, -0.05) is 18.9 Å². The highest BCUT2D eigenvalue weighted by Crippen LogP contribution is 2.28. The third-order valence-corrected chi connectivity index (χ3v) is 4.93. The van der Waals surface area contributed by atoms with Gasteiger partial charge in [-0.05, 0) is 51.4 Å². The van der Waals surface area contributed by atoms with Crippen LogP contribution in [0.5, 0.6) is 11.5 Å². The van der Waals surface area contributed by atoms with Gasteiger partial charge in [0, 0.05) is 12.6 Å². The molecule has 0 unspecified atom stereocenters. The van der Waals surface area contributed by atoms with Gasteiger partial charge in [0.1, 0.15) is 0 Å². The molecule has 27 heavy (non-hydrogen) atoms. The van der Waals surface area contributed by atoms with Crippen LogP contribution in [-0.4, -0.2) is 49.7 Å². The number of nitrogens with zero attached hydrogens (tertiary/aromatic N) is 1. The van der Waals surface area contributed by atoms with Gasteiger partial charge in [-0.2, -0.15) is 0 Å². The summed E-state index contributed by atoms with van der Waals surface area (Å²) in [6, 6.07) is 5.04. The molecule has 2 N–H and O–H groups in total. The van der Waals surface area contributed by atoms with E-state index in [2.05, 4.69) is 10.6 Å². The number of hydrogen-bond acceptors (Lipinski definition) is 5. The largest absolute Gasteiger partial charge is 0.493 e. The van der Waals surface area contributed by atoms with Crippen LogP contribution < -0.4 is 20.1 Å². The van der Waals surface area contributed by atoms with E-state index in [-0.39, 0.29) is 11.9 Å². The number of methoxy groups -OCH3 is 1. The minimum absolute atomic E-state index is 0.183. The lowest BCUT2D eigenvalue weighted by molar-refractivity contribution is -0.124. The Hall–Kier alpha value is -2.28. The summed E-state index contributed by atoms with van der Waals surface area (Å²) in [7, 11) is 3.45. The van der Waals surface area contributed by atoms with Crippen LogP contribution in [0.15, 0.2) is 18.2 Å². The zero-order valence-corrected chi connectivity index (χ0v) is 16.7. The smallest absolute Gasteiger partial charge is 0.321 e. The van der Waals surface area contributed by atoms with Crippen LogP contribution in [0.2, 0.25) is 0 Å². The van der Waals surface area contributed by atoms with Gasteiger partial charge in [-0.3, -0.25) is 15.0 Å². The second kappa shape index (κ2) is 10.2. The predicted octanol–water partition coefficient (Wildman–Crippen LogP) is 2.68. The molecule has 0 aromatic heterocycles. The van der Waals surface area contributed by atoms with Gasteiger partial charge in [-0.15, -0.1) is 0 Å². The van der Waals surface area contributed by atoms with Gasteiger partial charge in [0.05, 0.1) is 19.8 Å². The summed E-state index contributed by atoms with van der Waals surface area (Å²) in [5.74, 6) is 1.04. The summed E-state index contributed by atoms with van der Waals surface area (Å²) in [6.07, 6.45) is 4.22. The second-order valence-corrected chi connectivity index (χ2v) is 6.95. The molecule has 0 bridgehead atoms. The Bertz CT molecular complexity index is 644. The number of rotatable bonds is 8. The minimum atomic E-state index is -0.447. The SMILES string of the molecule is CCOc1ccc(CN(C)[C@@H](C)C(=O)NC(=O)NC2CCCC2)cc1OC. The van der Waals surface area contributed by atoms with Crippen LogP contribution in [0.4, 0.5) is 4.79 Å². The van der Waals surface area contributed by atoms with Crippen LogP contribution in [0.3, 0.4) is 0 Å². The maximum absolute atomic E-state index is 12.4. The number of amides is 3. The van der Waals surface area contributed by atoms with E-state index < -0.39 is 12.1 Å². The molecule has 0 spiro atoms. The highest BCUT2D eigenvalue weighted by atomic mass is 16.5. The Labute approximate surface area is 161 Å². The molecule has 3 amide bonds. The molecule has 1 aromatic carbocycles. The molecule has 0 saturated heterocycles. The van der Waals surface area contributed by atoms with Crippen molar-refractivity contribution >= 4 is 11.9 Å². The van der Waals surface area contributed by atoms with E-state index in [0.29, 0.717) is 24.7 Å². The quantitative estimate of drug-likeness (QED) is 0.728. The van der Waals surface area contributed by atoms with Gasteiger partial charge >= 0.3 is 6.03 Å². The molecule has 7 nitrogen and oxygen atoms in total. The summed E-state index contributed by atoms with van der Waals surface area (Å²) in [5, 5.41) is 5.31. The van der Waals surface area contributed by atoms with Crippen molar-refractivity contribution in [2.75, 3.05) is 20.8 Å². The lowest BCUT2D eigenvalue weighted by atomic mass is 10.1. The van der Waals surface area contributed by atoms with Crippen molar-refractivity contribution < 1.29 is 19.1 Å². The number of carbonyl (C=O) groups is 2. The molecular weight excluding hydrogens is 346 g/mol. The fraction of sp³-hybridized carbons (Fsp3) is 0.600. The molecule has 1 atom stereocenters. The highest BCUT2D eigenvalue weighted by Gasteiger charge is 2.23. The summed E-state index contributed by atoms with van der Waals surface area (Å²) >= 11 is 0. The third kappa shape index (κ3) is 6.13. The van der Waals surface area contributed by atoms with Crippen molar-refractivity contribution in [1.29, 1.82) is 0 Å². The normalized spacial score (nSPS) is 15.4. The molecule has 1 aromatic rings. The number of likely N-dealkylation sites (N-methyl/N-ethyl adjacent to an activating group) is 1. The summed E-state index contributed by atoms with van der Waals surface area (Å²) < 4.78 is 10.9. The molecule has 7 heteroatoms. The number of hydrogen-bond donors (Lipinski definition) is 2. The predicted molar refractivity (Wildman–Crippen MR) is 104 cm³/mol. The molecule has 2 rings (SSSR count). The molecule has 1 saturated carbocycles. The van der Waals surface area contributed by atoms with Gasteiger partial charge < -0.3 is 14.8 Å².